The Kier molecular flexibility index (Phi) is 6.81. The van der Waals surface area contributed by atoms with Crippen LogP contribution in [0.15, 0.2) is 24.3 Å². The summed E-state index contributed by atoms with van der Waals surface area (Å²) in [6.45, 7) is 4.10. The molecule has 0 aliphatic heterocycles. The smallest absolute Gasteiger partial charge is 0.225 e. The summed E-state index contributed by atoms with van der Waals surface area (Å²) >= 11 is 0. The second-order valence-corrected chi connectivity index (χ2v) is 4.30. The van der Waals surface area contributed by atoms with Crippen LogP contribution in [-0.4, -0.2) is 30.4 Å². The predicted molar refractivity (Wildman–Crippen MR) is 76.7 cm³/mol. The van der Waals surface area contributed by atoms with Gasteiger partial charge in [-0.25, -0.2) is 0 Å². The van der Waals surface area contributed by atoms with Gasteiger partial charge in [0.25, 0.3) is 0 Å². The van der Waals surface area contributed by atoms with Gasteiger partial charge in [-0.3, -0.25) is 4.79 Å². The molecule has 5 heteroatoms. The maximum absolute atomic E-state index is 11.9. The molecule has 0 bridgehead atoms. The third-order valence-corrected chi connectivity index (χ3v) is 2.96. The maximum Gasteiger partial charge on any atom is 0.225 e. The summed E-state index contributed by atoms with van der Waals surface area (Å²) in [4.78, 5) is 13.9. The third-order valence-electron chi connectivity index (χ3n) is 2.96. The highest BCUT2D eigenvalue weighted by Crippen LogP contribution is 2.13. The summed E-state index contributed by atoms with van der Waals surface area (Å²) in [5.41, 5.74) is 0.998. The molecule has 1 N–H and O–H groups in total. The highest BCUT2D eigenvalue weighted by Gasteiger charge is 2.08. The largest absolute Gasteiger partial charge is 0.325 e. The average Bonchev–Trinajstić information content (AvgIpc) is 2.48. The number of hydrogen-bond acceptors (Lipinski definition) is 4. The van der Waals surface area contributed by atoms with Crippen molar-refractivity contribution in [2.75, 3.05) is 25.0 Å². The molecule has 20 heavy (non-hydrogen) atoms. The van der Waals surface area contributed by atoms with Crippen molar-refractivity contribution in [1.82, 2.24) is 4.90 Å². The van der Waals surface area contributed by atoms with E-state index in [2.05, 4.69) is 16.3 Å². The molecule has 0 unspecified atom stereocenters. The molecule has 0 aromatic heterocycles. The van der Waals surface area contributed by atoms with Crippen LogP contribution in [0, 0.1) is 22.7 Å². The van der Waals surface area contributed by atoms with Crippen LogP contribution in [0.25, 0.3) is 0 Å². The fourth-order valence-corrected chi connectivity index (χ4v) is 1.80. The van der Waals surface area contributed by atoms with E-state index in [-0.39, 0.29) is 5.91 Å². The van der Waals surface area contributed by atoms with Gasteiger partial charge < -0.3 is 10.2 Å². The third kappa shape index (κ3) is 5.09. The lowest BCUT2D eigenvalue weighted by Gasteiger charge is -2.18. The SMILES string of the molecule is CCN(CCC#N)CCC(=O)Nc1ccccc1C#N. The monoisotopic (exact) mass is 270 g/mol. The highest BCUT2D eigenvalue weighted by atomic mass is 16.1. The van der Waals surface area contributed by atoms with Crippen LogP contribution in [0.1, 0.15) is 25.3 Å². The minimum Gasteiger partial charge on any atom is -0.325 e. The number of benzene rings is 1. The van der Waals surface area contributed by atoms with E-state index in [1.54, 1.807) is 24.3 Å². The Morgan fingerprint density at radius 2 is 2.05 bits per heavy atom. The van der Waals surface area contributed by atoms with E-state index in [1.165, 1.54) is 0 Å². The first-order valence-corrected chi connectivity index (χ1v) is 6.59. The zero-order valence-electron chi connectivity index (χ0n) is 11.6. The Morgan fingerprint density at radius 1 is 1.30 bits per heavy atom. The van der Waals surface area contributed by atoms with Crippen LogP contribution in [-0.2, 0) is 4.79 Å². The summed E-state index contributed by atoms with van der Waals surface area (Å²) in [6.07, 6.45) is 0.811. The molecular formula is C15H18N4O. The van der Waals surface area contributed by atoms with Crippen molar-refractivity contribution in [2.45, 2.75) is 19.8 Å². The quantitative estimate of drug-likeness (QED) is 0.823. The summed E-state index contributed by atoms with van der Waals surface area (Å²) in [5, 5.41) is 20.2. The number of nitrogens with one attached hydrogen (secondary N) is 1. The molecule has 0 saturated heterocycles. The Hall–Kier alpha value is -2.37. The van der Waals surface area contributed by atoms with E-state index < -0.39 is 0 Å². The van der Waals surface area contributed by atoms with Gasteiger partial charge in [-0.15, -0.1) is 0 Å². The van der Waals surface area contributed by atoms with Gasteiger partial charge in [0, 0.05) is 25.9 Å². The topological polar surface area (TPSA) is 79.9 Å². The van der Waals surface area contributed by atoms with Gasteiger partial charge in [-0.2, -0.15) is 10.5 Å². The molecule has 104 valence electrons. The fraction of sp³-hybridized carbons (Fsp3) is 0.400. The summed E-state index contributed by atoms with van der Waals surface area (Å²) < 4.78 is 0. The van der Waals surface area contributed by atoms with Gasteiger partial charge in [-0.1, -0.05) is 19.1 Å². The second kappa shape index (κ2) is 8.68. The average molecular weight is 270 g/mol. The van der Waals surface area contributed by atoms with E-state index in [0.29, 0.717) is 37.2 Å². The fourth-order valence-electron chi connectivity index (χ4n) is 1.80. The standard InChI is InChI=1S/C15H18N4O/c1-2-19(10-5-9-16)11-8-15(20)18-14-7-4-3-6-13(14)12-17/h3-4,6-7H,2,5,8,10-11H2,1H3,(H,18,20). The Balaban J connectivity index is 2.48. The number of carbonyl (C=O) groups excluding carboxylic acids is 1. The lowest BCUT2D eigenvalue weighted by Crippen LogP contribution is -2.28. The van der Waals surface area contributed by atoms with E-state index in [4.69, 9.17) is 10.5 Å². The summed E-state index contributed by atoms with van der Waals surface area (Å²) in [5.74, 6) is -0.122. The van der Waals surface area contributed by atoms with Gasteiger partial charge in [0.2, 0.25) is 5.91 Å². The molecule has 0 fully saturated rings. The number of hydrogen-bond donors (Lipinski definition) is 1. The van der Waals surface area contributed by atoms with Gasteiger partial charge in [0.15, 0.2) is 0 Å². The molecule has 1 rings (SSSR count). The Bertz CT molecular complexity index is 527. The van der Waals surface area contributed by atoms with Crippen molar-refractivity contribution in [3.63, 3.8) is 0 Å². The number of nitrogens with zero attached hydrogens (tertiary/aromatic N) is 3. The molecule has 0 saturated carbocycles. The van der Waals surface area contributed by atoms with Crippen molar-refractivity contribution in [2.24, 2.45) is 0 Å². The van der Waals surface area contributed by atoms with Crippen molar-refractivity contribution < 1.29 is 4.79 Å². The molecule has 0 aliphatic carbocycles. The summed E-state index contributed by atoms with van der Waals surface area (Å²) in [7, 11) is 0. The maximum atomic E-state index is 11.9. The van der Waals surface area contributed by atoms with Gasteiger partial charge >= 0.3 is 0 Å². The first-order chi connectivity index (χ1) is 9.71. The Labute approximate surface area is 119 Å². The van der Waals surface area contributed by atoms with Gasteiger partial charge in [0.1, 0.15) is 6.07 Å². The molecule has 0 spiro atoms. The van der Waals surface area contributed by atoms with Crippen molar-refractivity contribution in [3.8, 4) is 12.1 Å². The van der Waals surface area contributed by atoms with Crippen molar-refractivity contribution in [3.05, 3.63) is 29.8 Å². The number of carbonyl (C=O) groups is 1. The number of nitriles is 2. The minimum absolute atomic E-state index is 0.122. The van der Waals surface area contributed by atoms with Crippen LogP contribution in [0.3, 0.4) is 0 Å². The van der Waals surface area contributed by atoms with E-state index in [9.17, 15) is 4.79 Å². The molecule has 0 radical (unpaired) electrons. The molecule has 0 heterocycles. The first kappa shape index (κ1) is 15.7. The molecule has 0 atom stereocenters. The highest BCUT2D eigenvalue weighted by molar-refractivity contribution is 5.92. The van der Waals surface area contributed by atoms with Crippen LogP contribution in [0.4, 0.5) is 5.69 Å². The molecule has 0 aliphatic rings. The molecular weight excluding hydrogens is 252 g/mol. The molecule has 1 amide bonds. The lowest BCUT2D eigenvalue weighted by molar-refractivity contribution is -0.116. The summed E-state index contributed by atoms with van der Waals surface area (Å²) in [6, 6.07) is 11.1. The number of rotatable bonds is 7. The van der Waals surface area contributed by atoms with Crippen LogP contribution >= 0.6 is 0 Å². The zero-order valence-corrected chi connectivity index (χ0v) is 11.6. The zero-order chi connectivity index (χ0) is 14.8. The van der Waals surface area contributed by atoms with E-state index in [1.807, 2.05) is 13.0 Å². The van der Waals surface area contributed by atoms with Crippen LogP contribution < -0.4 is 5.32 Å². The molecule has 1 aromatic carbocycles. The molecule has 1 aromatic rings. The van der Waals surface area contributed by atoms with Gasteiger partial charge in [-0.05, 0) is 18.7 Å². The van der Waals surface area contributed by atoms with Crippen LogP contribution in [0.2, 0.25) is 0 Å². The lowest BCUT2D eigenvalue weighted by atomic mass is 10.2. The van der Waals surface area contributed by atoms with E-state index in [0.717, 1.165) is 6.54 Å². The molecule has 5 nitrogen and oxygen atoms in total. The van der Waals surface area contributed by atoms with Crippen molar-refractivity contribution in [1.29, 1.82) is 10.5 Å². The van der Waals surface area contributed by atoms with E-state index >= 15 is 0 Å². The number of amides is 1. The van der Waals surface area contributed by atoms with Crippen molar-refractivity contribution >= 4 is 11.6 Å². The van der Waals surface area contributed by atoms with Gasteiger partial charge in [0.05, 0.1) is 17.3 Å². The first-order valence-electron chi connectivity index (χ1n) is 6.59. The predicted octanol–water partition coefficient (Wildman–Crippen LogP) is 2.12. The second-order valence-electron chi connectivity index (χ2n) is 4.30. The Morgan fingerprint density at radius 3 is 2.70 bits per heavy atom. The number of anilines is 1. The normalized spacial score (nSPS) is 9.80. The van der Waals surface area contributed by atoms with Crippen LogP contribution in [0.5, 0.6) is 0 Å². The number of para-hydroxylation sites is 1. The minimum atomic E-state index is -0.122.